The zero-order valence-electron chi connectivity index (χ0n) is 2.80. The average Bonchev–Trinajstić information content (AvgIpc) is 0.918. The molecule has 0 atom stereocenters. The van der Waals surface area contributed by atoms with E-state index in [9.17, 15) is 0 Å². The minimum absolute atomic E-state index is 0. The van der Waals surface area contributed by atoms with Gasteiger partial charge in [0.05, 0.1) is 0 Å². The van der Waals surface area contributed by atoms with Crippen LogP contribution < -0.4 is 0 Å². The van der Waals surface area contributed by atoms with Crippen LogP contribution in [0.3, 0.4) is 0 Å². The summed E-state index contributed by atoms with van der Waals surface area (Å²) in [6.45, 7) is 0. The van der Waals surface area contributed by atoms with Crippen LogP contribution in [0.15, 0.2) is 0 Å². The van der Waals surface area contributed by atoms with Crippen LogP contribution in [-0.4, -0.2) is 0 Å². The zero-order chi connectivity index (χ0) is 2.71. The molecule has 0 fully saturated rings. The molecule has 0 saturated heterocycles. The molecule has 7 heteroatoms. The van der Waals surface area contributed by atoms with Gasteiger partial charge in [-0.3, -0.25) is 18.8 Å². The van der Waals surface area contributed by atoms with Gasteiger partial charge in [0.25, 0.3) is 0 Å². The van der Waals surface area contributed by atoms with Crippen molar-refractivity contribution < 1.29 is 43.0 Å². The Balaban J connectivity index is -0.00000000333. The third-order valence-corrected chi connectivity index (χ3v) is 0. The third kappa shape index (κ3) is 28800. The van der Waals surface area contributed by atoms with E-state index in [1.807, 2.05) is 0 Å². The first-order chi connectivity index (χ1) is 1.41. The van der Waals surface area contributed by atoms with E-state index in [0.717, 1.165) is 0 Å². The van der Waals surface area contributed by atoms with E-state index in [2.05, 4.69) is 0 Å². The van der Waals surface area contributed by atoms with Crippen LogP contribution in [0.1, 0.15) is 0 Å². The predicted molar refractivity (Wildman–Crippen MR) is 11.4 cm³/mol. The topological polar surface area (TPSA) is 34.1 Å². The molecule has 0 saturated carbocycles. The monoisotopic (exact) mass is 214 g/mol. The fourth-order valence-electron chi connectivity index (χ4n) is 0. The number of halogens is 4. The Morgan fingerprint density at radius 1 is 0.714 bits per heavy atom. The summed E-state index contributed by atoms with van der Waals surface area (Å²) in [6.07, 6.45) is 0. The number of hydrogen-bond donors (Lipinski definition) is 0. The molecule has 0 radical (unpaired) electrons. The number of hydrogen-bond acceptors (Lipinski definition) is 2. The fraction of sp³-hybridized carbons (Fsp3) is 0. The summed E-state index contributed by atoms with van der Waals surface area (Å²) in [5.41, 5.74) is 0. The van der Waals surface area contributed by atoms with E-state index in [0.29, 0.717) is 0 Å². The van der Waals surface area contributed by atoms with Crippen molar-refractivity contribution in [3.05, 3.63) is 0 Å². The Labute approximate surface area is 43.9 Å². The average molecular weight is 213 g/mol. The van der Waals surface area contributed by atoms with Crippen molar-refractivity contribution in [2.75, 3.05) is 0 Å². The van der Waals surface area contributed by atoms with Gasteiger partial charge in [0.15, 0.2) is 0 Å². The minimum atomic E-state index is -1.79. The van der Waals surface area contributed by atoms with Crippen molar-refractivity contribution in [1.82, 2.24) is 0 Å². The van der Waals surface area contributed by atoms with Crippen molar-refractivity contribution in [1.29, 1.82) is 0 Å². The summed E-state index contributed by atoms with van der Waals surface area (Å²) >= 11 is -1.79. The Kier molecular flexibility index (Phi) is 1510. The van der Waals surface area contributed by atoms with Gasteiger partial charge < -0.3 is 0 Å². The van der Waals surface area contributed by atoms with Gasteiger partial charge in [0.2, 0.25) is 0 Å². The van der Waals surface area contributed by atoms with Crippen LogP contribution in [-0.2, 0) is 24.2 Å². The van der Waals surface area contributed by atoms with Gasteiger partial charge in [-0.1, -0.05) is 0 Å². The molecule has 0 rings (SSSR count). The molecule has 0 heterocycles. The van der Waals surface area contributed by atoms with Gasteiger partial charge >= 0.3 is 24.2 Å². The molecule has 0 aliphatic rings. The Morgan fingerprint density at radius 3 is 0.714 bits per heavy atom. The van der Waals surface area contributed by atoms with Crippen LogP contribution in [0.2, 0.25) is 0 Å². The van der Waals surface area contributed by atoms with Crippen LogP contribution in [0.25, 0.3) is 0 Å². The van der Waals surface area contributed by atoms with E-state index in [4.69, 9.17) is 7.15 Å². The molecule has 0 N–H and O–H groups in total. The summed E-state index contributed by atoms with van der Waals surface area (Å²) in [5.74, 6) is 0. The van der Waals surface area contributed by atoms with Gasteiger partial charge in [-0.05, 0) is 0 Å². The van der Waals surface area contributed by atoms with E-state index < -0.39 is 17.0 Å². The van der Waals surface area contributed by atoms with E-state index in [1.54, 1.807) is 0 Å². The molecule has 0 aromatic carbocycles. The van der Waals surface area contributed by atoms with Crippen LogP contribution >= 0.6 is 0 Å². The van der Waals surface area contributed by atoms with E-state index >= 15 is 0 Å². The Morgan fingerprint density at radius 2 is 0.714 bits per heavy atom. The second kappa shape index (κ2) is 163. The second-order valence-electron chi connectivity index (χ2n) is 0.0589. The predicted octanol–water partition coefficient (Wildman–Crippen LogP) is 0.370. The van der Waals surface area contributed by atoms with Crippen molar-refractivity contribution in [3.63, 3.8) is 0 Å². The Bertz CT molecular complexity index is 30.7. The molecule has 0 aliphatic heterocycles. The molecule has 0 amide bonds. The van der Waals surface area contributed by atoms with Gasteiger partial charge in [-0.15, -0.1) is 0 Å². The summed E-state index contributed by atoms with van der Waals surface area (Å²) in [4.78, 5) is 0. The molecule has 7 heavy (non-hydrogen) atoms. The van der Waals surface area contributed by atoms with Crippen LogP contribution in [0.5, 0.6) is 0 Å². The molecule has 52 valence electrons. The maximum atomic E-state index is 8.46. The van der Waals surface area contributed by atoms with Crippen LogP contribution in [0.4, 0.5) is 18.8 Å². The summed E-state index contributed by atoms with van der Waals surface area (Å²) in [6, 6.07) is 0. The summed E-state index contributed by atoms with van der Waals surface area (Å²) in [5, 5.41) is 0. The van der Waals surface area contributed by atoms with Crippen LogP contribution in [0, 0.1) is 0 Å². The summed E-state index contributed by atoms with van der Waals surface area (Å²) < 4.78 is 16.9. The van der Waals surface area contributed by atoms with Gasteiger partial charge in [-0.2, -0.15) is 0 Å². The maximum absolute atomic E-state index is 8.46. The van der Waals surface area contributed by atoms with Crippen molar-refractivity contribution in [3.8, 4) is 0 Å². The fourth-order valence-corrected chi connectivity index (χ4v) is 0. The zero-order valence-corrected chi connectivity index (χ0v) is 4.54. The quantitative estimate of drug-likeness (QED) is 0.430. The Hall–Kier alpha value is -0.0566. The first-order valence-electron chi connectivity index (χ1n) is 0.289. The molecular formula is H4F4O2Ru. The molecule has 2 nitrogen and oxygen atoms in total. The van der Waals surface area contributed by atoms with Gasteiger partial charge in [-0.25, -0.2) is 0 Å². The van der Waals surface area contributed by atoms with Gasteiger partial charge in [0, 0.05) is 0 Å². The normalized spacial score (nSPS) is 2.29. The van der Waals surface area contributed by atoms with E-state index in [1.165, 1.54) is 0 Å². The molecule has 0 aliphatic carbocycles. The molecule has 0 bridgehead atoms. The molecule has 0 aromatic rings. The van der Waals surface area contributed by atoms with Crippen molar-refractivity contribution in [2.24, 2.45) is 0 Å². The molecule has 0 spiro atoms. The molecule has 0 aromatic heterocycles. The first-order valence-corrected chi connectivity index (χ1v) is 1.71. The SMILES string of the molecule is F.F.F.F.[O]=[Ru]=[O]. The third-order valence-electron chi connectivity index (χ3n) is 0. The van der Waals surface area contributed by atoms with Crippen molar-refractivity contribution >= 4 is 0 Å². The second-order valence-corrected chi connectivity index (χ2v) is 0.349. The van der Waals surface area contributed by atoms with E-state index in [-0.39, 0.29) is 18.8 Å². The first kappa shape index (κ1) is 64.9. The number of rotatable bonds is 0. The van der Waals surface area contributed by atoms with Crippen molar-refractivity contribution in [2.45, 2.75) is 0 Å². The standard InChI is InChI=1S/4FH.2O.Ru/h4*1H;;;. The summed E-state index contributed by atoms with van der Waals surface area (Å²) in [7, 11) is 0. The van der Waals surface area contributed by atoms with Gasteiger partial charge in [0.1, 0.15) is 0 Å². The molecule has 0 unspecified atom stereocenters. The molecular weight excluding hydrogens is 209 g/mol.